The summed E-state index contributed by atoms with van der Waals surface area (Å²) in [6, 6.07) is 5.72. The molecule has 2 saturated heterocycles. The van der Waals surface area contributed by atoms with Gasteiger partial charge in [0.1, 0.15) is 11.9 Å². The second-order valence-electron chi connectivity index (χ2n) is 6.15. The van der Waals surface area contributed by atoms with Crippen LogP contribution in [0.3, 0.4) is 0 Å². The van der Waals surface area contributed by atoms with Gasteiger partial charge in [0, 0.05) is 39.0 Å². The topological polar surface area (TPSA) is 69.5 Å². The quantitative estimate of drug-likeness (QED) is 0.825. The fourth-order valence-electron chi connectivity index (χ4n) is 3.28. The zero-order valence-electron chi connectivity index (χ0n) is 13.4. The van der Waals surface area contributed by atoms with E-state index in [4.69, 9.17) is 10.00 Å². The van der Waals surface area contributed by atoms with Crippen molar-refractivity contribution in [3.8, 4) is 6.07 Å². The van der Waals surface area contributed by atoms with Gasteiger partial charge >= 0.3 is 0 Å². The largest absolute Gasteiger partial charge is 0.378 e. The summed E-state index contributed by atoms with van der Waals surface area (Å²) in [5.74, 6) is 1.10. The van der Waals surface area contributed by atoms with Crippen LogP contribution in [0.4, 0.5) is 5.82 Å². The Morgan fingerprint density at radius 1 is 1.35 bits per heavy atom. The molecule has 0 unspecified atom stereocenters. The van der Waals surface area contributed by atoms with Gasteiger partial charge < -0.3 is 14.5 Å². The van der Waals surface area contributed by atoms with Gasteiger partial charge in [-0.3, -0.25) is 4.79 Å². The van der Waals surface area contributed by atoms with Crippen molar-refractivity contribution >= 4 is 11.7 Å². The molecular weight excluding hydrogens is 292 g/mol. The van der Waals surface area contributed by atoms with Crippen LogP contribution in [0.5, 0.6) is 0 Å². The lowest BCUT2D eigenvalue weighted by Gasteiger charge is -2.39. The van der Waals surface area contributed by atoms with Gasteiger partial charge in [-0.05, 0) is 31.9 Å². The number of amides is 1. The van der Waals surface area contributed by atoms with E-state index in [1.807, 2.05) is 17.9 Å². The lowest BCUT2D eigenvalue weighted by atomic mass is 9.93. The number of anilines is 1. The van der Waals surface area contributed by atoms with Crippen LogP contribution in [-0.4, -0.2) is 54.7 Å². The smallest absolute Gasteiger partial charge is 0.228 e. The summed E-state index contributed by atoms with van der Waals surface area (Å²) in [6.07, 6.45) is 3.51. The zero-order valence-corrected chi connectivity index (χ0v) is 13.4. The summed E-state index contributed by atoms with van der Waals surface area (Å²) in [7, 11) is 0. The van der Waals surface area contributed by atoms with Gasteiger partial charge in [0.05, 0.1) is 17.6 Å². The molecule has 0 spiro atoms. The number of carbonyl (C=O) groups excluding carboxylic acids is 1. The maximum Gasteiger partial charge on any atom is 0.228 e. The molecular formula is C17H22N4O2. The molecule has 0 saturated carbocycles. The molecule has 3 heterocycles. The predicted octanol–water partition coefficient (Wildman–Crippen LogP) is 1.42. The van der Waals surface area contributed by atoms with Crippen molar-refractivity contribution in [3.63, 3.8) is 0 Å². The van der Waals surface area contributed by atoms with Crippen LogP contribution in [-0.2, 0) is 9.53 Å². The van der Waals surface area contributed by atoms with Crippen LogP contribution < -0.4 is 4.90 Å². The third-order valence-electron chi connectivity index (χ3n) is 4.72. The molecule has 1 amide bonds. The number of rotatable bonds is 2. The summed E-state index contributed by atoms with van der Waals surface area (Å²) in [6.45, 7) is 5.73. The Balaban J connectivity index is 1.57. The Morgan fingerprint density at radius 2 is 2.13 bits per heavy atom. The monoisotopic (exact) mass is 314 g/mol. The van der Waals surface area contributed by atoms with E-state index in [1.165, 1.54) is 0 Å². The van der Waals surface area contributed by atoms with Gasteiger partial charge in [-0.15, -0.1) is 0 Å². The fraction of sp³-hybridized carbons (Fsp3) is 0.588. The first-order valence-corrected chi connectivity index (χ1v) is 8.20. The predicted molar refractivity (Wildman–Crippen MR) is 85.9 cm³/mol. The third kappa shape index (κ3) is 3.45. The van der Waals surface area contributed by atoms with Crippen LogP contribution in [0.2, 0.25) is 0 Å². The summed E-state index contributed by atoms with van der Waals surface area (Å²) >= 11 is 0. The van der Waals surface area contributed by atoms with Crippen molar-refractivity contribution in [2.24, 2.45) is 5.92 Å². The van der Waals surface area contributed by atoms with Gasteiger partial charge in [0.15, 0.2) is 0 Å². The lowest BCUT2D eigenvalue weighted by Crippen LogP contribution is -2.52. The van der Waals surface area contributed by atoms with E-state index in [0.717, 1.165) is 38.4 Å². The number of piperazine rings is 1. The van der Waals surface area contributed by atoms with Gasteiger partial charge in [-0.25, -0.2) is 4.98 Å². The molecule has 1 aromatic heterocycles. The molecule has 0 bridgehead atoms. The Morgan fingerprint density at radius 3 is 2.74 bits per heavy atom. The van der Waals surface area contributed by atoms with Gasteiger partial charge in [-0.2, -0.15) is 5.26 Å². The van der Waals surface area contributed by atoms with Crippen LogP contribution >= 0.6 is 0 Å². The SMILES string of the molecule is C[C@@H]1OCCC[C@@H]1C(=O)N1CCN(c2ccc(C#N)cn2)CC1. The first-order valence-electron chi connectivity index (χ1n) is 8.20. The van der Waals surface area contributed by atoms with Gasteiger partial charge in [-0.1, -0.05) is 0 Å². The molecule has 6 nitrogen and oxygen atoms in total. The van der Waals surface area contributed by atoms with Crippen LogP contribution in [0.1, 0.15) is 25.3 Å². The Bertz CT molecular complexity index is 588. The molecule has 2 aliphatic heterocycles. The van der Waals surface area contributed by atoms with Crippen LogP contribution in [0.15, 0.2) is 18.3 Å². The number of nitriles is 1. The highest BCUT2D eigenvalue weighted by Crippen LogP contribution is 2.24. The minimum absolute atomic E-state index is 0.00309. The molecule has 3 rings (SSSR count). The fourth-order valence-corrected chi connectivity index (χ4v) is 3.28. The Labute approximate surface area is 136 Å². The normalized spacial score (nSPS) is 25.0. The van der Waals surface area contributed by atoms with Crippen LogP contribution in [0, 0.1) is 17.2 Å². The average molecular weight is 314 g/mol. The number of pyridine rings is 1. The molecule has 2 fully saturated rings. The molecule has 2 aliphatic rings. The maximum absolute atomic E-state index is 12.7. The Kier molecular flexibility index (Phi) is 4.77. The number of carbonyl (C=O) groups is 1. The van der Waals surface area contributed by atoms with Crippen molar-refractivity contribution < 1.29 is 9.53 Å². The minimum atomic E-state index is 0.00309. The zero-order chi connectivity index (χ0) is 16.2. The standard InChI is InChI=1S/C17H22N4O2/c1-13-15(3-2-10-23-13)17(22)21-8-6-20(7-9-21)16-5-4-14(11-18)12-19-16/h4-5,12-13,15H,2-3,6-10H2,1H3/t13-,15-/m0/s1. The van der Waals surface area contributed by atoms with Crippen LogP contribution in [0.25, 0.3) is 0 Å². The molecule has 1 aromatic rings. The molecule has 23 heavy (non-hydrogen) atoms. The summed E-state index contributed by atoms with van der Waals surface area (Å²) < 4.78 is 5.62. The highest BCUT2D eigenvalue weighted by molar-refractivity contribution is 5.79. The van der Waals surface area contributed by atoms with E-state index in [2.05, 4.69) is 16.0 Å². The second kappa shape index (κ2) is 6.97. The summed E-state index contributed by atoms with van der Waals surface area (Å²) in [4.78, 5) is 21.1. The van der Waals surface area contributed by atoms with Crippen molar-refractivity contribution in [1.29, 1.82) is 5.26 Å². The Hall–Kier alpha value is -2.13. The average Bonchev–Trinajstić information content (AvgIpc) is 2.62. The highest BCUT2D eigenvalue weighted by atomic mass is 16.5. The van der Waals surface area contributed by atoms with E-state index >= 15 is 0 Å². The molecule has 0 N–H and O–H groups in total. The van der Waals surface area contributed by atoms with E-state index < -0.39 is 0 Å². The molecule has 2 atom stereocenters. The van der Waals surface area contributed by atoms with Crippen molar-refractivity contribution in [2.75, 3.05) is 37.7 Å². The summed E-state index contributed by atoms with van der Waals surface area (Å²) in [5, 5.41) is 8.82. The number of hydrogen-bond donors (Lipinski definition) is 0. The van der Waals surface area contributed by atoms with E-state index in [0.29, 0.717) is 18.7 Å². The number of nitrogens with zero attached hydrogens (tertiary/aromatic N) is 4. The second-order valence-corrected chi connectivity index (χ2v) is 6.15. The number of hydrogen-bond acceptors (Lipinski definition) is 5. The van der Waals surface area contributed by atoms with Gasteiger partial charge in [0.25, 0.3) is 0 Å². The molecule has 6 heteroatoms. The number of ether oxygens (including phenoxy) is 1. The third-order valence-corrected chi connectivity index (χ3v) is 4.72. The summed E-state index contributed by atoms with van der Waals surface area (Å²) in [5.41, 5.74) is 0.564. The first-order chi connectivity index (χ1) is 11.2. The highest BCUT2D eigenvalue weighted by Gasteiger charge is 2.33. The van der Waals surface area contributed by atoms with Crippen molar-refractivity contribution in [2.45, 2.75) is 25.9 Å². The lowest BCUT2D eigenvalue weighted by molar-refractivity contribution is -0.144. The minimum Gasteiger partial charge on any atom is -0.378 e. The van der Waals surface area contributed by atoms with Crippen molar-refractivity contribution in [3.05, 3.63) is 23.9 Å². The molecule has 0 aliphatic carbocycles. The molecule has 122 valence electrons. The molecule has 0 radical (unpaired) electrons. The maximum atomic E-state index is 12.7. The number of aromatic nitrogens is 1. The van der Waals surface area contributed by atoms with E-state index in [-0.39, 0.29) is 17.9 Å². The molecule has 0 aromatic carbocycles. The first kappa shape index (κ1) is 15.8. The van der Waals surface area contributed by atoms with Crippen molar-refractivity contribution in [1.82, 2.24) is 9.88 Å². The van der Waals surface area contributed by atoms with Gasteiger partial charge in [0.2, 0.25) is 5.91 Å². The van der Waals surface area contributed by atoms with E-state index in [9.17, 15) is 4.79 Å². The van der Waals surface area contributed by atoms with E-state index in [1.54, 1.807) is 12.3 Å².